The molecule has 1 aromatic carbocycles. The second kappa shape index (κ2) is 6.70. The maximum atomic E-state index is 8.76. The largest absolute Gasteiger partial charge is 0.409 e. The number of halogens is 1. The van der Waals surface area contributed by atoms with Gasteiger partial charge < -0.3 is 16.3 Å². The predicted octanol–water partition coefficient (Wildman–Crippen LogP) is 2.89. The highest BCUT2D eigenvalue weighted by Gasteiger charge is 2.06. The summed E-state index contributed by atoms with van der Waals surface area (Å²) in [7, 11) is 0. The molecule has 2 aromatic rings. The summed E-state index contributed by atoms with van der Waals surface area (Å²) in [5, 5.41) is 17.2. The smallest absolute Gasteiger partial charge is 0.170 e. The van der Waals surface area contributed by atoms with Crippen molar-refractivity contribution in [3.05, 3.63) is 56.2 Å². The van der Waals surface area contributed by atoms with Gasteiger partial charge in [-0.2, -0.15) is 0 Å². The molecule has 1 aromatic heterocycles. The van der Waals surface area contributed by atoms with Gasteiger partial charge in [0.25, 0.3) is 0 Å². The van der Waals surface area contributed by atoms with Crippen molar-refractivity contribution in [2.24, 2.45) is 10.9 Å². The van der Waals surface area contributed by atoms with Crippen molar-refractivity contribution in [1.82, 2.24) is 5.32 Å². The molecule has 100 valence electrons. The molecule has 0 bridgehead atoms. The lowest BCUT2D eigenvalue weighted by Crippen LogP contribution is -2.19. The Labute approximate surface area is 124 Å². The van der Waals surface area contributed by atoms with Crippen molar-refractivity contribution in [3.63, 3.8) is 0 Å². The fourth-order valence-corrected chi connectivity index (χ4v) is 3.20. The molecule has 0 aliphatic rings. The van der Waals surface area contributed by atoms with E-state index < -0.39 is 0 Å². The van der Waals surface area contributed by atoms with Crippen molar-refractivity contribution in [3.8, 4) is 0 Å². The standard InChI is InChI=1S/C13H14BrN3OS/c14-11-5-6-19-12(11)8-16-7-9-3-1-2-4-10(9)13(15)17-18/h1-6,16,18H,7-8H2,(H2,15,17). The number of rotatable bonds is 5. The molecule has 0 saturated heterocycles. The van der Waals surface area contributed by atoms with Crippen LogP contribution in [0.3, 0.4) is 0 Å². The average molecular weight is 340 g/mol. The maximum Gasteiger partial charge on any atom is 0.170 e. The molecule has 19 heavy (non-hydrogen) atoms. The third kappa shape index (κ3) is 3.56. The van der Waals surface area contributed by atoms with Crippen molar-refractivity contribution in [2.75, 3.05) is 0 Å². The molecule has 4 nitrogen and oxygen atoms in total. The first kappa shape index (κ1) is 14.0. The predicted molar refractivity (Wildman–Crippen MR) is 81.5 cm³/mol. The Kier molecular flexibility index (Phi) is 4.95. The lowest BCUT2D eigenvalue weighted by Gasteiger charge is -2.09. The minimum atomic E-state index is 0.134. The van der Waals surface area contributed by atoms with Gasteiger partial charge in [-0.3, -0.25) is 0 Å². The summed E-state index contributed by atoms with van der Waals surface area (Å²) in [6.07, 6.45) is 0. The molecule has 0 radical (unpaired) electrons. The Morgan fingerprint density at radius 1 is 1.32 bits per heavy atom. The topological polar surface area (TPSA) is 70.6 Å². The number of oxime groups is 1. The second-order valence-corrected chi connectivity index (χ2v) is 5.79. The van der Waals surface area contributed by atoms with E-state index in [0.29, 0.717) is 6.54 Å². The second-order valence-electron chi connectivity index (χ2n) is 3.94. The zero-order chi connectivity index (χ0) is 13.7. The van der Waals surface area contributed by atoms with Gasteiger partial charge >= 0.3 is 0 Å². The minimum Gasteiger partial charge on any atom is -0.409 e. The summed E-state index contributed by atoms with van der Waals surface area (Å²) < 4.78 is 1.12. The number of nitrogens with zero attached hydrogens (tertiary/aromatic N) is 1. The van der Waals surface area contributed by atoms with Gasteiger partial charge in [0, 0.05) is 28.0 Å². The summed E-state index contributed by atoms with van der Waals surface area (Å²) in [5.41, 5.74) is 7.41. The van der Waals surface area contributed by atoms with E-state index in [4.69, 9.17) is 10.9 Å². The highest BCUT2D eigenvalue weighted by molar-refractivity contribution is 9.10. The zero-order valence-electron chi connectivity index (χ0n) is 10.1. The van der Waals surface area contributed by atoms with Gasteiger partial charge in [-0.15, -0.1) is 11.3 Å². The van der Waals surface area contributed by atoms with E-state index in [1.807, 2.05) is 35.7 Å². The van der Waals surface area contributed by atoms with Gasteiger partial charge in [0.15, 0.2) is 5.84 Å². The molecule has 0 spiro atoms. The van der Waals surface area contributed by atoms with Gasteiger partial charge in [-0.1, -0.05) is 29.4 Å². The molecular weight excluding hydrogens is 326 g/mol. The summed E-state index contributed by atoms with van der Waals surface area (Å²) in [6.45, 7) is 1.44. The van der Waals surface area contributed by atoms with Crippen LogP contribution in [-0.4, -0.2) is 11.0 Å². The molecule has 0 amide bonds. The van der Waals surface area contributed by atoms with Crippen LogP contribution in [-0.2, 0) is 13.1 Å². The van der Waals surface area contributed by atoms with E-state index in [1.54, 1.807) is 11.3 Å². The maximum absolute atomic E-state index is 8.76. The fourth-order valence-electron chi connectivity index (χ4n) is 1.74. The van der Waals surface area contributed by atoms with Gasteiger partial charge in [-0.25, -0.2) is 0 Å². The Balaban J connectivity index is 2.02. The highest BCUT2D eigenvalue weighted by atomic mass is 79.9. The van der Waals surface area contributed by atoms with Crippen LogP contribution in [0, 0.1) is 0 Å². The van der Waals surface area contributed by atoms with Crippen LogP contribution in [0.1, 0.15) is 16.0 Å². The highest BCUT2D eigenvalue weighted by Crippen LogP contribution is 2.22. The Morgan fingerprint density at radius 2 is 2.11 bits per heavy atom. The molecule has 0 saturated carbocycles. The zero-order valence-corrected chi connectivity index (χ0v) is 12.5. The lowest BCUT2D eigenvalue weighted by atomic mass is 10.1. The molecule has 4 N–H and O–H groups in total. The van der Waals surface area contributed by atoms with Crippen molar-refractivity contribution in [2.45, 2.75) is 13.1 Å². The molecule has 6 heteroatoms. The molecule has 2 rings (SSSR count). The SMILES string of the molecule is NC(=NO)c1ccccc1CNCc1sccc1Br. The third-order valence-electron chi connectivity index (χ3n) is 2.69. The molecule has 0 aliphatic heterocycles. The van der Waals surface area contributed by atoms with E-state index in [1.165, 1.54) is 4.88 Å². The Morgan fingerprint density at radius 3 is 2.79 bits per heavy atom. The molecule has 0 aliphatic carbocycles. The Hall–Kier alpha value is -1.37. The summed E-state index contributed by atoms with van der Waals surface area (Å²) in [6, 6.07) is 9.64. The lowest BCUT2D eigenvalue weighted by molar-refractivity contribution is 0.318. The quantitative estimate of drug-likeness (QED) is 0.339. The molecule has 1 heterocycles. The van der Waals surface area contributed by atoms with E-state index >= 15 is 0 Å². The van der Waals surface area contributed by atoms with Crippen molar-refractivity contribution in [1.29, 1.82) is 0 Å². The van der Waals surface area contributed by atoms with Crippen LogP contribution in [0.5, 0.6) is 0 Å². The van der Waals surface area contributed by atoms with Crippen LogP contribution < -0.4 is 11.1 Å². The first-order chi connectivity index (χ1) is 9.22. The van der Waals surface area contributed by atoms with Crippen molar-refractivity contribution < 1.29 is 5.21 Å². The molecule has 0 unspecified atom stereocenters. The molecule has 0 atom stereocenters. The monoisotopic (exact) mass is 339 g/mol. The number of hydrogen-bond acceptors (Lipinski definition) is 4. The van der Waals surface area contributed by atoms with Crippen molar-refractivity contribution >= 4 is 33.1 Å². The van der Waals surface area contributed by atoms with Crippen LogP contribution >= 0.6 is 27.3 Å². The summed E-state index contributed by atoms with van der Waals surface area (Å²) >= 11 is 5.20. The van der Waals surface area contributed by atoms with E-state index in [9.17, 15) is 0 Å². The van der Waals surface area contributed by atoms with Crippen LogP contribution in [0.4, 0.5) is 0 Å². The van der Waals surface area contributed by atoms with E-state index in [0.717, 1.165) is 22.1 Å². The first-order valence-electron chi connectivity index (χ1n) is 5.70. The summed E-state index contributed by atoms with van der Waals surface area (Å²) in [5.74, 6) is 0.134. The minimum absolute atomic E-state index is 0.134. The summed E-state index contributed by atoms with van der Waals surface area (Å²) in [4.78, 5) is 1.25. The number of nitrogens with two attached hydrogens (primary N) is 1. The number of thiophene rings is 1. The molecular formula is C13H14BrN3OS. The van der Waals surface area contributed by atoms with Gasteiger partial charge in [-0.05, 0) is 32.9 Å². The number of hydrogen-bond donors (Lipinski definition) is 3. The number of amidine groups is 1. The van der Waals surface area contributed by atoms with Crippen LogP contribution in [0.25, 0.3) is 0 Å². The Bertz CT molecular complexity index is 583. The van der Waals surface area contributed by atoms with E-state index in [2.05, 4.69) is 26.4 Å². The van der Waals surface area contributed by atoms with Gasteiger partial charge in [0.05, 0.1) is 0 Å². The third-order valence-corrected chi connectivity index (χ3v) is 4.62. The average Bonchev–Trinajstić information content (AvgIpc) is 2.84. The molecule has 0 fully saturated rings. The number of benzene rings is 1. The number of nitrogens with one attached hydrogen (secondary N) is 1. The normalized spacial score (nSPS) is 11.7. The van der Waals surface area contributed by atoms with Gasteiger partial charge in [0.1, 0.15) is 0 Å². The van der Waals surface area contributed by atoms with Crippen LogP contribution in [0.15, 0.2) is 45.3 Å². The first-order valence-corrected chi connectivity index (χ1v) is 7.38. The fraction of sp³-hybridized carbons (Fsp3) is 0.154. The van der Waals surface area contributed by atoms with Crippen LogP contribution in [0.2, 0.25) is 0 Å². The van der Waals surface area contributed by atoms with E-state index in [-0.39, 0.29) is 5.84 Å². The van der Waals surface area contributed by atoms with Gasteiger partial charge in [0.2, 0.25) is 0 Å².